The molecule has 208 valence electrons. The number of hydrogen-bond donors (Lipinski definition) is 3. The van der Waals surface area contributed by atoms with Crippen molar-refractivity contribution in [3.8, 4) is 17.1 Å². The van der Waals surface area contributed by atoms with Crippen LogP contribution < -0.4 is 15.4 Å². The first-order chi connectivity index (χ1) is 18.7. The van der Waals surface area contributed by atoms with Crippen LogP contribution in [-0.4, -0.2) is 93.5 Å². The van der Waals surface area contributed by atoms with Crippen LogP contribution in [-0.2, 0) is 11.8 Å². The number of aliphatic imine (C=N–C) groups is 1. The fourth-order valence-corrected chi connectivity index (χ4v) is 4.83. The molecule has 1 saturated heterocycles. The molecule has 0 radical (unpaired) electrons. The van der Waals surface area contributed by atoms with E-state index < -0.39 is 0 Å². The Morgan fingerprint density at radius 3 is 2.69 bits per heavy atom. The van der Waals surface area contributed by atoms with Gasteiger partial charge in [0, 0.05) is 51.2 Å². The molecule has 3 aromatic heterocycles. The van der Waals surface area contributed by atoms with Gasteiger partial charge >= 0.3 is 0 Å². The number of anilines is 2. The van der Waals surface area contributed by atoms with Crippen LogP contribution in [0.3, 0.4) is 0 Å². The molecule has 1 aliphatic heterocycles. The predicted molar refractivity (Wildman–Crippen MR) is 153 cm³/mol. The molecule has 1 aliphatic rings. The maximum Gasteiger partial charge on any atom is 0.256 e. The summed E-state index contributed by atoms with van der Waals surface area (Å²) < 4.78 is 6.99. The van der Waals surface area contributed by atoms with Gasteiger partial charge in [-0.1, -0.05) is 6.92 Å². The van der Waals surface area contributed by atoms with Crippen LogP contribution in [0.15, 0.2) is 29.8 Å². The smallest absolute Gasteiger partial charge is 0.256 e. The Kier molecular flexibility index (Phi) is 8.77. The van der Waals surface area contributed by atoms with Gasteiger partial charge in [-0.2, -0.15) is 0 Å². The van der Waals surface area contributed by atoms with Crippen LogP contribution in [0.5, 0.6) is 5.88 Å². The zero-order valence-electron chi connectivity index (χ0n) is 23.6. The number of nitrogens with zero attached hydrogens (tertiary/aromatic N) is 7. The highest BCUT2D eigenvalue weighted by Crippen LogP contribution is 2.31. The lowest BCUT2D eigenvalue weighted by molar-refractivity contribution is -0.126. The summed E-state index contributed by atoms with van der Waals surface area (Å²) in [6.45, 7) is 13.2. The Morgan fingerprint density at radius 1 is 1.28 bits per heavy atom. The van der Waals surface area contributed by atoms with E-state index in [0.717, 1.165) is 60.7 Å². The molecule has 0 bridgehead atoms. The van der Waals surface area contributed by atoms with Crippen molar-refractivity contribution in [1.29, 1.82) is 0 Å². The molecule has 3 aromatic rings. The fourth-order valence-electron chi connectivity index (χ4n) is 4.83. The van der Waals surface area contributed by atoms with Crippen molar-refractivity contribution in [1.82, 2.24) is 39.8 Å². The van der Waals surface area contributed by atoms with Crippen molar-refractivity contribution < 1.29 is 9.53 Å². The molecule has 3 N–H and O–H groups in total. The third-order valence-electron chi connectivity index (χ3n) is 7.02. The van der Waals surface area contributed by atoms with Gasteiger partial charge < -0.3 is 25.3 Å². The number of aryl methyl sites for hydroxylation is 2. The summed E-state index contributed by atoms with van der Waals surface area (Å²) >= 11 is 0. The summed E-state index contributed by atoms with van der Waals surface area (Å²) in [6.07, 6.45) is 7.75. The van der Waals surface area contributed by atoms with Gasteiger partial charge in [0.1, 0.15) is 5.69 Å². The maximum atomic E-state index is 13.4. The molecule has 0 saturated carbocycles. The average molecular weight is 535 g/mol. The Morgan fingerprint density at radius 2 is 2.03 bits per heavy atom. The van der Waals surface area contributed by atoms with E-state index in [1.54, 1.807) is 30.4 Å². The number of rotatable bonds is 10. The lowest BCUT2D eigenvalue weighted by Gasteiger charge is -2.36. The Labute approximate surface area is 229 Å². The lowest BCUT2D eigenvalue weighted by atomic mass is 10.0. The molecule has 1 fully saturated rings. The second kappa shape index (κ2) is 12.2. The highest BCUT2D eigenvalue weighted by molar-refractivity contribution is 5.91. The summed E-state index contributed by atoms with van der Waals surface area (Å²) in [5, 5.41) is 10.6. The Bertz CT molecular complexity index is 1350. The quantitative estimate of drug-likeness (QED) is 0.339. The van der Waals surface area contributed by atoms with Gasteiger partial charge in [-0.05, 0) is 45.2 Å². The molecule has 0 aliphatic carbocycles. The van der Waals surface area contributed by atoms with Crippen LogP contribution in [0.4, 0.5) is 11.6 Å². The van der Waals surface area contributed by atoms with E-state index in [9.17, 15) is 4.79 Å². The van der Waals surface area contributed by atoms with Crippen molar-refractivity contribution in [2.75, 3.05) is 45.7 Å². The summed E-state index contributed by atoms with van der Waals surface area (Å²) in [4.78, 5) is 34.4. The zero-order chi connectivity index (χ0) is 28.1. The van der Waals surface area contributed by atoms with Crippen molar-refractivity contribution in [2.24, 2.45) is 12.0 Å². The first-order valence-corrected chi connectivity index (χ1v) is 13.0. The highest BCUT2D eigenvalue weighted by atomic mass is 16.5. The van der Waals surface area contributed by atoms with Gasteiger partial charge in [-0.3, -0.25) is 19.4 Å². The van der Waals surface area contributed by atoms with E-state index in [1.165, 1.54) is 0 Å². The number of hydrogen-bond acceptors (Lipinski definition) is 9. The second-order valence-corrected chi connectivity index (χ2v) is 9.76. The van der Waals surface area contributed by atoms with Crippen molar-refractivity contribution in [3.63, 3.8) is 0 Å². The van der Waals surface area contributed by atoms with Gasteiger partial charge in [0.2, 0.25) is 11.9 Å². The normalized spacial score (nSPS) is 15.7. The number of H-pyrrole nitrogens is 1. The largest absolute Gasteiger partial charge is 0.478 e. The van der Waals surface area contributed by atoms with Crippen LogP contribution in [0.2, 0.25) is 0 Å². The monoisotopic (exact) mass is 534 g/mol. The summed E-state index contributed by atoms with van der Waals surface area (Å²) in [5.74, 6) is 0.814. The van der Waals surface area contributed by atoms with Gasteiger partial charge in [0.15, 0.2) is 0 Å². The Balaban J connectivity index is 1.58. The molecule has 39 heavy (non-hydrogen) atoms. The second-order valence-electron chi connectivity index (χ2n) is 9.76. The molecular formula is C27H38N10O2. The third kappa shape index (κ3) is 6.18. The summed E-state index contributed by atoms with van der Waals surface area (Å²) in [5.41, 5.74) is 5.46. The van der Waals surface area contributed by atoms with Gasteiger partial charge in [-0.15, -0.1) is 5.10 Å². The maximum absolute atomic E-state index is 13.4. The number of aromatic nitrogens is 5. The van der Waals surface area contributed by atoms with Gasteiger partial charge in [-0.25, -0.2) is 9.97 Å². The van der Waals surface area contributed by atoms with E-state index in [0.29, 0.717) is 23.2 Å². The van der Waals surface area contributed by atoms with Crippen molar-refractivity contribution in [2.45, 2.75) is 33.2 Å². The molecule has 0 unspecified atom stereocenters. The number of nitrogens with one attached hydrogen (secondary N) is 3. The SMILES string of the molecule is C=N/C=C(/NC(=O)[C@H](CC)N1CCN(C)CC1)c1[nH]cc(-c2nc(Nc3cn(C)nc3OC)ncc2C)c1C. The molecule has 0 spiro atoms. The number of carbonyl (C=O) groups is 1. The number of aromatic amines is 1. The number of methoxy groups -OCH3 is 1. The predicted octanol–water partition coefficient (Wildman–Crippen LogP) is 2.72. The minimum Gasteiger partial charge on any atom is -0.478 e. The summed E-state index contributed by atoms with van der Waals surface area (Å²) in [6, 6.07) is -0.219. The molecular weight excluding hydrogens is 496 g/mol. The zero-order valence-corrected chi connectivity index (χ0v) is 23.6. The average Bonchev–Trinajstić information content (AvgIpc) is 3.47. The fraction of sp³-hybridized carbons (Fsp3) is 0.444. The highest BCUT2D eigenvalue weighted by Gasteiger charge is 2.28. The first-order valence-electron chi connectivity index (χ1n) is 13.0. The molecule has 12 heteroatoms. The molecule has 12 nitrogen and oxygen atoms in total. The standard InChI is InChI=1S/C27H38N10O2/c1-8-22(37-11-9-35(5)10-12-37)25(38)31-20(15-28-4)24-18(3)19(14-29-24)23-17(2)13-30-27(33-23)32-21-16-36(6)34-26(21)39-7/h13-16,22,29H,4,8-12H2,1-3,5-7H3,(H,31,38)(H,30,32,33)/b20-15+/t22-/m0/s1. The topological polar surface area (TPSA) is 129 Å². The van der Waals surface area contributed by atoms with E-state index >= 15 is 0 Å². The molecule has 4 heterocycles. The number of piperazine rings is 1. The third-order valence-corrected chi connectivity index (χ3v) is 7.02. The number of ether oxygens (including phenoxy) is 1. The number of amides is 1. The van der Waals surface area contributed by atoms with E-state index in [2.05, 4.69) is 54.3 Å². The lowest BCUT2D eigenvalue weighted by Crippen LogP contribution is -2.53. The molecule has 1 amide bonds. The minimum atomic E-state index is -0.219. The molecule has 4 rings (SSSR count). The number of carbonyl (C=O) groups excluding carboxylic acids is 1. The number of likely N-dealkylation sites (N-methyl/N-ethyl adjacent to an activating group) is 1. The van der Waals surface area contributed by atoms with E-state index in [-0.39, 0.29) is 11.9 Å². The first kappa shape index (κ1) is 28.0. The summed E-state index contributed by atoms with van der Waals surface area (Å²) in [7, 11) is 5.49. The molecule has 0 aromatic carbocycles. The van der Waals surface area contributed by atoms with Crippen molar-refractivity contribution in [3.05, 3.63) is 41.6 Å². The van der Waals surface area contributed by atoms with Crippen LogP contribution in [0, 0.1) is 13.8 Å². The van der Waals surface area contributed by atoms with E-state index in [4.69, 9.17) is 9.72 Å². The van der Waals surface area contributed by atoms with Crippen LogP contribution in [0.1, 0.15) is 30.2 Å². The molecule has 1 atom stereocenters. The minimum absolute atomic E-state index is 0.0531. The van der Waals surface area contributed by atoms with Gasteiger partial charge in [0.05, 0.1) is 42.6 Å². The van der Waals surface area contributed by atoms with Crippen LogP contribution in [0.25, 0.3) is 17.0 Å². The van der Waals surface area contributed by atoms with Crippen LogP contribution >= 0.6 is 0 Å². The Hall–Kier alpha value is -4.03. The van der Waals surface area contributed by atoms with E-state index in [1.807, 2.05) is 34.0 Å². The van der Waals surface area contributed by atoms with Crippen molar-refractivity contribution >= 4 is 30.0 Å². The van der Waals surface area contributed by atoms with Gasteiger partial charge in [0.25, 0.3) is 5.88 Å².